The molecule has 1 aliphatic heterocycles. The van der Waals surface area contributed by atoms with Crippen LogP contribution in [-0.4, -0.2) is 4.98 Å². The SMILES string of the molecule is CC1=C(Br)SC(c2cccnc2)N1. The number of pyridine rings is 1. The van der Waals surface area contributed by atoms with Gasteiger partial charge in [0.25, 0.3) is 0 Å². The van der Waals surface area contributed by atoms with Crippen LogP contribution in [0.2, 0.25) is 0 Å². The van der Waals surface area contributed by atoms with E-state index in [2.05, 4.69) is 39.2 Å². The Balaban J connectivity index is 2.16. The lowest BCUT2D eigenvalue weighted by atomic mass is 10.3. The highest BCUT2D eigenvalue weighted by atomic mass is 79.9. The summed E-state index contributed by atoms with van der Waals surface area (Å²) in [5.74, 6) is 0. The van der Waals surface area contributed by atoms with Crippen molar-refractivity contribution in [1.82, 2.24) is 10.3 Å². The Bertz CT molecular complexity index is 323. The van der Waals surface area contributed by atoms with Gasteiger partial charge in [-0.25, -0.2) is 0 Å². The lowest BCUT2D eigenvalue weighted by Gasteiger charge is -2.10. The minimum atomic E-state index is 0.308. The molecule has 13 heavy (non-hydrogen) atoms. The summed E-state index contributed by atoms with van der Waals surface area (Å²) in [6.07, 6.45) is 3.68. The van der Waals surface area contributed by atoms with E-state index in [0.717, 1.165) is 0 Å². The summed E-state index contributed by atoms with van der Waals surface area (Å²) in [4.78, 5) is 4.09. The minimum absolute atomic E-state index is 0.308. The van der Waals surface area contributed by atoms with Gasteiger partial charge in [0.15, 0.2) is 0 Å². The molecule has 68 valence electrons. The number of nitrogens with one attached hydrogen (secondary N) is 1. The molecule has 0 bridgehead atoms. The molecule has 0 aromatic carbocycles. The van der Waals surface area contributed by atoms with Gasteiger partial charge in [-0.3, -0.25) is 4.98 Å². The van der Waals surface area contributed by atoms with Crippen molar-refractivity contribution in [3.63, 3.8) is 0 Å². The first-order valence-electron chi connectivity index (χ1n) is 3.97. The molecule has 2 rings (SSSR count). The lowest BCUT2D eigenvalue weighted by molar-refractivity contribution is 0.806. The Hall–Kier alpha value is -0.480. The van der Waals surface area contributed by atoms with Crippen LogP contribution in [0.3, 0.4) is 0 Å². The highest BCUT2D eigenvalue weighted by molar-refractivity contribution is 9.14. The number of nitrogens with zero attached hydrogens (tertiary/aromatic N) is 1. The fourth-order valence-electron chi connectivity index (χ4n) is 1.16. The van der Waals surface area contributed by atoms with E-state index in [1.165, 1.54) is 15.1 Å². The average molecular weight is 257 g/mol. The zero-order chi connectivity index (χ0) is 9.26. The molecule has 0 saturated carbocycles. The van der Waals surface area contributed by atoms with Gasteiger partial charge in [0.1, 0.15) is 5.37 Å². The predicted octanol–water partition coefficient (Wildman–Crippen LogP) is 3.00. The molecule has 1 aromatic rings. The Morgan fingerprint density at radius 1 is 1.62 bits per heavy atom. The number of hydrogen-bond donors (Lipinski definition) is 1. The smallest absolute Gasteiger partial charge is 0.104 e. The van der Waals surface area contributed by atoms with Crippen molar-refractivity contribution in [2.75, 3.05) is 0 Å². The Labute approximate surface area is 90.0 Å². The Kier molecular flexibility index (Phi) is 2.60. The lowest BCUT2D eigenvalue weighted by Crippen LogP contribution is -2.10. The van der Waals surface area contributed by atoms with Gasteiger partial charge in [-0.15, -0.1) is 0 Å². The van der Waals surface area contributed by atoms with Gasteiger partial charge in [-0.2, -0.15) is 0 Å². The largest absolute Gasteiger partial charge is 0.371 e. The highest BCUT2D eigenvalue weighted by Crippen LogP contribution is 2.42. The van der Waals surface area contributed by atoms with Gasteiger partial charge >= 0.3 is 0 Å². The normalized spacial score (nSPS) is 21.8. The Morgan fingerprint density at radius 3 is 3.00 bits per heavy atom. The quantitative estimate of drug-likeness (QED) is 0.837. The number of thioether (sulfide) groups is 1. The van der Waals surface area contributed by atoms with Crippen LogP contribution in [0.1, 0.15) is 17.9 Å². The van der Waals surface area contributed by atoms with E-state index in [0.29, 0.717) is 5.37 Å². The standard InChI is InChI=1S/C9H9BrN2S/c1-6-8(10)13-9(12-6)7-3-2-4-11-5-7/h2-5,9,12H,1H3. The van der Waals surface area contributed by atoms with Crippen LogP contribution in [0.4, 0.5) is 0 Å². The van der Waals surface area contributed by atoms with E-state index in [1.807, 2.05) is 12.3 Å². The predicted molar refractivity (Wildman–Crippen MR) is 59.3 cm³/mol. The molecular weight excluding hydrogens is 248 g/mol. The second kappa shape index (κ2) is 3.72. The van der Waals surface area contributed by atoms with Crippen LogP contribution in [0, 0.1) is 0 Å². The van der Waals surface area contributed by atoms with Crippen LogP contribution in [0.5, 0.6) is 0 Å². The number of rotatable bonds is 1. The maximum atomic E-state index is 4.09. The van der Waals surface area contributed by atoms with Crippen molar-refractivity contribution < 1.29 is 0 Å². The molecule has 1 N–H and O–H groups in total. The number of hydrogen-bond acceptors (Lipinski definition) is 3. The van der Waals surface area contributed by atoms with Crippen molar-refractivity contribution in [1.29, 1.82) is 0 Å². The molecule has 0 aliphatic carbocycles. The second-order valence-corrected chi connectivity index (χ2v) is 5.26. The van der Waals surface area contributed by atoms with E-state index in [9.17, 15) is 0 Å². The average Bonchev–Trinajstić information content (AvgIpc) is 2.49. The first-order chi connectivity index (χ1) is 6.27. The van der Waals surface area contributed by atoms with Crippen LogP contribution < -0.4 is 5.32 Å². The van der Waals surface area contributed by atoms with Crippen molar-refractivity contribution in [3.8, 4) is 0 Å². The Morgan fingerprint density at radius 2 is 2.46 bits per heavy atom. The third-order valence-electron chi connectivity index (χ3n) is 1.85. The zero-order valence-electron chi connectivity index (χ0n) is 7.12. The molecular formula is C9H9BrN2S. The number of halogens is 1. The molecule has 0 spiro atoms. The molecule has 2 heterocycles. The molecule has 0 fully saturated rings. The molecule has 1 unspecified atom stereocenters. The van der Waals surface area contributed by atoms with Gasteiger partial charge < -0.3 is 5.32 Å². The topological polar surface area (TPSA) is 24.9 Å². The summed E-state index contributed by atoms with van der Waals surface area (Å²) in [5.41, 5.74) is 2.40. The highest BCUT2D eigenvalue weighted by Gasteiger charge is 2.21. The fourth-order valence-corrected chi connectivity index (χ4v) is 2.79. The molecule has 2 nitrogen and oxygen atoms in total. The van der Waals surface area contributed by atoms with Crippen molar-refractivity contribution >= 4 is 27.7 Å². The van der Waals surface area contributed by atoms with Gasteiger partial charge in [0, 0.05) is 23.7 Å². The summed E-state index contributed by atoms with van der Waals surface area (Å²) < 4.78 is 1.18. The summed E-state index contributed by atoms with van der Waals surface area (Å²) in [7, 11) is 0. The monoisotopic (exact) mass is 256 g/mol. The molecule has 0 amide bonds. The van der Waals surface area contributed by atoms with Crippen molar-refractivity contribution in [3.05, 3.63) is 39.6 Å². The minimum Gasteiger partial charge on any atom is -0.371 e. The fraction of sp³-hybridized carbons (Fsp3) is 0.222. The van der Waals surface area contributed by atoms with Crippen molar-refractivity contribution in [2.24, 2.45) is 0 Å². The molecule has 1 aromatic heterocycles. The molecule has 0 saturated heterocycles. The maximum Gasteiger partial charge on any atom is 0.104 e. The van der Waals surface area contributed by atoms with Gasteiger partial charge in [0.05, 0.1) is 3.81 Å². The number of aromatic nitrogens is 1. The molecule has 1 atom stereocenters. The van der Waals surface area contributed by atoms with Crippen LogP contribution >= 0.6 is 27.7 Å². The van der Waals surface area contributed by atoms with E-state index in [4.69, 9.17) is 0 Å². The number of allylic oxidation sites excluding steroid dienone is 1. The summed E-state index contributed by atoms with van der Waals surface area (Å²) in [6.45, 7) is 2.06. The van der Waals surface area contributed by atoms with E-state index in [1.54, 1.807) is 18.0 Å². The third-order valence-corrected chi connectivity index (χ3v) is 4.15. The van der Waals surface area contributed by atoms with Crippen LogP contribution in [0.15, 0.2) is 34.0 Å². The van der Waals surface area contributed by atoms with Gasteiger partial charge in [-0.05, 0) is 28.9 Å². The summed E-state index contributed by atoms with van der Waals surface area (Å²) >= 11 is 5.27. The molecule has 4 heteroatoms. The first-order valence-corrected chi connectivity index (χ1v) is 5.64. The third kappa shape index (κ3) is 1.89. The van der Waals surface area contributed by atoms with E-state index >= 15 is 0 Å². The van der Waals surface area contributed by atoms with Gasteiger partial charge in [0.2, 0.25) is 0 Å². The summed E-state index contributed by atoms with van der Waals surface area (Å²) in [5, 5.41) is 3.68. The zero-order valence-corrected chi connectivity index (χ0v) is 9.52. The molecule has 0 radical (unpaired) electrons. The van der Waals surface area contributed by atoms with Crippen LogP contribution in [-0.2, 0) is 0 Å². The summed E-state index contributed by atoms with van der Waals surface area (Å²) in [6, 6.07) is 4.04. The maximum absolute atomic E-state index is 4.09. The van der Waals surface area contributed by atoms with Crippen LogP contribution in [0.25, 0.3) is 0 Å². The second-order valence-electron chi connectivity index (χ2n) is 2.83. The first kappa shape index (κ1) is 9.09. The van der Waals surface area contributed by atoms with E-state index < -0.39 is 0 Å². The van der Waals surface area contributed by atoms with Crippen molar-refractivity contribution in [2.45, 2.75) is 12.3 Å². The van der Waals surface area contributed by atoms with Gasteiger partial charge in [-0.1, -0.05) is 17.8 Å². The van der Waals surface area contributed by atoms with E-state index in [-0.39, 0.29) is 0 Å². The molecule has 1 aliphatic rings.